The van der Waals surface area contributed by atoms with Gasteiger partial charge >= 0.3 is 6.61 Å². The Bertz CT molecular complexity index is 936. The van der Waals surface area contributed by atoms with E-state index in [2.05, 4.69) is 26.6 Å². The molecule has 41 heavy (non-hydrogen) atoms. The van der Waals surface area contributed by atoms with Gasteiger partial charge in [0.15, 0.2) is 0 Å². The van der Waals surface area contributed by atoms with Gasteiger partial charge in [-0.25, -0.2) is 8.78 Å². The third-order valence-corrected chi connectivity index (χ3v) is 11.3. The fraction of sp³-hybridized carbons (Fsp3) is 0.920. The minimum absolute atomic E-state index is 0.0121. The van der Waals surface area contributed by atoms with E-state index in [0.29, 0.717) is 38.9 Å². The highest BCUT2D eigenvalue weighted by Crippen LogP contribution is 2.39. The Hall–Kier alpha value is -0.610. The van der Waals surface area contributed by atoms with Gasteiger partial charge < -0.3 is 20.3 Å². The normalized spacial score (nSPS) is 43.4. The first-order chi connectivity index (χ1) is 19.5. The van der Waals surface area contributed by atoms with Gasteiger partial charge in [-0.1, -0.05) is 0 Å². The summed E-state index contributed by atoms with van der Waals surface area (Å²) in [5.74, 6) is -1.41. The quantitative estimate of drug-likeness (QED) is 0.161. The monoisotopic (exact) mass is 648 g/mol. The van der Waals surface area contributed by atoms with E-state index in [9.17, 15) is 27.2 Å². The van der Waals surface area contributed by atoms with Crippen LogP contribution >= 0.6 is 35.0 Å². The van der Waals surface area contributed by atoms with Crippen molar-refractivity contribution in [2.75, 3.05) is 26.2 Å². The smallest absolute Gasteiger partial charge is 0.339 e. The summed E-state index contributed by atoms with van der Waals surface area (Å²) in [6.07, 6.45) is -1.70. The van der Waals surface area contributed by atoms with Gasteiger partial charge in [0.1, 0.15) is 11.5 Å². The molecule has 0 radical (unpaired) electrons. The lowest BCUT2D eigenvalue weighted by atomic mass is 9.70. The van der Waals surface area contributed by atoms with Crippen molar-refractivity contribution in [3.8, 4) is 0 Å². The predicted molar refractivity (Wildman–Crippen MR) is 148 cm³/mol. The van der Waals surface area contributed by atoms with Crippen molar-refractivity contribution in [3.05, 3.63) is 0 Å². The Kier molecular flexibility index (Phi) is 10.5. The van der Waals surface area contributed by atoms with Crippen LogP contribution in [0.4, 0.5) is 17.6 Å². The van der Waals surface area contributed by atoms with Crippen LogP contribution in [0.2, 0.25) is 0 Å². The largest absolute Gasteiger partial charge is 0.345 e. The molecule has 0 saturated carbocycles. The van der Waals surface area contributed by atoms with Gasteiger partial charge in [0, 0.05) is 43.5 Å². The zero-order valence-corrected chi connectivity index (χ0v) is 24.9. The van der Waals surface area contributed by atoms with Crippen LogP contribution in [-0.4, -0.2) is 108 Å². The number of rotatable bonds is 7. The van der Waals surface area contributed by atoms with Crippen molar-refractivity contribution in [2.45, 2.75) is 97.5 Å². The molecule has 234 valence electrons. The van der Waals surface area contributed by atoms with E-state index in [-0.39, 0.29) is 64.9 Å². The molecule has 9 nitrogen and oxygen atoms in total. The van der Waals surface area contributed by atoms with Crippen molar-refractivity contribution in [2.24, 2.45) is 17.8 Å². The van der Waals surface area contributed by atoms with Gasteiger partial charge in [-0.15, -0.1) is 35.0 Å². The molecule has 5 aliphatic rings. The first-order valence-electron chi connectivity index (χ1n) is 14.2. The van der Waals surface area contributed by atoms with Crippen molar-refractivity contribution in [1.29, 1.82) is 0 Å². The summed E-state index contributed by atoms with van der Waals surface area (Å²) in [5, 5.41) is 15.0. The lowest BCUT2D eigenvalue weighted by molar-refractivity contribution is -0.189. The van der Waals surface area contributed by atoms with Crippen molar-refractivity contribution >= 4 is 46.8 Å². The third kappa shape index (κ3) is 7.38. The number of likely N-dealkylation sites (tertiary alicyclic amines) is 1. The summed E-state index contributed by atoms with van der Waals surface area (Å²) < 4.78 is 57.8. The summed E-state index contributed by atoms with van der Waals surface area (Å²) >= 11 is 14.2. The first-order valence-corrected chi connectivity index (χ1v) is 16.0. The lowest BCUT2D eigenvalue weighted by Gasteiger charge is -2.45. The molecule has 5 saturated heterocycles. The topological polar surface area (TPSA) is 107 Å². The number of piperidine rings is 3. The standard InChI is InChI=1S/C25H38Cl2F4N6O3S/c1-10-4-11(12-5-19(27)33-7-17(12)40-24(30)31)13(6-32-10)22(38)36-25-35-16-8-37(9-18(16)41-25)23(39)20-14(26)2-3-15(34-20)21(28)29/h10-21,24-25,32-35H,2-9H2,1H3,(H,36,38). The van der Waals surface area contributed by atoms with E-state index in [0.717, 1.165) is 0 Å². The molecule has 5 aliphatic heterocycles. The Morgan fingerprint density at radius 2 is 1.80 bits per heavy atom. The zero-order valence-electron chi connectivity index (χ0n) is 22.6. The number of amides is 2. The Balaban J connectivity index is 1.17. The molecule has 12 unspecified atom stereocenters. The molecule has 12 atom stereocenters. The molecule has 0 bridgehead atoms. The van der Waals surface area contributed by atoms with E-state index < -0.39 is 42.5 Å². The second-order valence-corrected chi connectivity index (χ2v) is 14.2. The average molecular weight is 650 g/mol. The Morgan fingerprint density at radius 3 is 2.51 bits per heavy atom. The predicted octanol–water partition coefficient (Wildman–Crippen LogP) is 1.69. The number of nitrogens with zero attached hydrogens (tertiary/aromatic N) is 1. The van der Waals surface area contributed by atoms with Crippen LogP contribution in [0.15, 0.2) is 0 Å². The van der Waals surface area contributed by atoms with E-state index in [4.69, 9.17) is 27.9 Å². The number of carbonyl (C=O) groups excluding carboxylic acids is 2. The van der Waals surface area contributed by atoms with Gasteiger partial charge in [-0.05, 0) is 44.4 Å². The molecule has 5 N–H and O–H groups in total. The molecular weight excluding hydrogens is 611 g/mol. The molecule has 0 aromatic rings. The lowest BCUT2D eigenvalue weighted by Crippen LogP contribution is -2.59. The minimum Gasteiger partial charge on any atom is -0.339 e. The van der Waals surface area contributed by atoms with Crippen LogP contribution in [-0.2, 0) is 14.3 Å². The zero-order chi connectivity index (χ0) is 29.4. The highest BCUT2D eigenvalue weighted by molar-refractivity contribution is 8.00. The number of fused-ring (bicyclic) bond motifs is 1. The summed E-state index contributed by atoms with van der Waals surface area (Å²) in [6.45, 7) is 0.498. The SMILES string of the molecule is CC1CC(C2CC(Cl)NCC2OC(F)F)C(C(=O)NC2NC3CN(C(=O)C4NC(C(F)F)CCC4Cl)CC3S2)CN1. The molecule has 5 fully saturated rings. The number of halogens is 6. The Morgan fingerprint density at radius 1 is 1.02 bits per heavy atom. The third-order valence-electron chi connectivity index (χ3n) is 9.10. The van der Waals surface area contributed by atoms with Crippen molar-refractivity contribution in [3.63, 3.8) is 0 Å². The molecule has 5 heterocycles. The van der Waals surface area contributed by atoms with Crippen LogP contribution in [0, 0.1) is 17.8 Å². The maximum Gasteiger partial charge on any atom is 0.345 e. The number of hydrogen-bond donors (Lipinski definition) is 5. The van der Waals surface area contributed by atoms with Crippen LogP contribution in [0.25, 0.3) is 0 Å². The number of nitrogens with one attached hydrogen (secondary N) is 5. The summed E-state index contributed by atoms with van der Waals surface area (Å²) in [6, 6.07) is -1.87. The van der Waals surface area contributed by atoms with E-state index >= 15 is 0 Å². The second-order valence-electron chi connectivity index (χ2n) is 11.8. The fourth-order valence-electron chi connectivity index (χ4n) is 7.01. The van der Waals surface area contributed by atoms with Gasteiger partial charge in [0.25, 0.3) is 6.43 Å². The number of thioether (sulfide) groups is 1. The number of ether oxygens (including phenoxy) is 1. The van der Waals surface area contributed by atoms with Crippen LogP contribution < -0.4 is 26.6 Å². The van der Waals surface area contributed by atoms with Crippen LogP contribution in [0.1, 0.15) is 32.6 Å². The van der Waals surface area contributed by atoms with Gasteiger partial charge in [-0.2, -0.15) is 8.78 Å². The molecule has 0 spiro atoms. The molecule has 5 rings (SSSR count). The average Bonchev–Trinajstić information content (AvgIpc) is 3.48. The first kappa shape index (κ1) is 31.8. The van der Waals surface area contributed by atoms with Crippen LogP contribution in [0.5, 0.6) is 0 Å². The number of alkyl halides is 6. The highest BCUT2D eigenvalue weighted by Gasteiger charge is 2.49. The maximum absolute atomic E-state index is 13.6. The molecule has 16 heteroatoms. The van der Waals surface area contributed by atoms with E-state index in [1.165, 1.54) is 11.8 Å². The number of hydrogen-bond acceptors (Lipinski definition) is 8. The van der Waals surface area contributed by atoms with Gasteiger partial charge in [0.2, 0.25) is 11.8 Å². The fourth-order valence-corrected chi connectivity index (χ4v) is 9.02. The van der Waals surface area contributed by atoms with Crippen molar-refractivity contribution < 1.29 is 31.9 Å². The minimum atomic E-state index is -2.91. The second kappa shape index (κ2) is 13.6. The molecular formula is C25H38Cl2F4N6O3S. The van der Waals surface area contributed by atoms with Gasteiger partial charge in [-0.3, -0.25) is 25.5 Å². The molecule has 0 aromatic carbocycles. The van der Waals surface area contributed by atoms with Gasteiger partial charge in [0.05, 0.1) is 28.9 Å². The van der Waals surface area contributed by atoms with E-state index in [1.807, 2.05) is 6.92 Å². The van der Waals surface area contributed by atoms with E-state index in [1.54, 1.807) is 4.90 Å². The summed E-state index contributed by atoms with van der Waals surface area (Å²) in [4.78, 5) is 28.4. The molecule has 2 amide bonds. The molecule has 0 aromatic heterocycles. The van der Waals surface area contributed by atoms with Crippen LogP contribution in [0.3, 0.4) is 0 Å². The highest BCUT2D eigenvalue weighted by atomic mass is 35.5. The van der Waals surface area contributed by atoms with Crippen molar-refractivity contribution in [1.82, 2.24) is 31.5 Å². The number of carbonyl (C=O) groups is 2. The molecule has 0 aliphatic carbocycles. The maximum atomic E-state index is 13.6. The summed E-state index contributed by atoms with van der Waals surface area (Å²) in [5.41, 5.74) is -0.767. The summed E-state index contributed by atoms with van der Waals surface area (Å²) in [7, 11) is 0. The Labute approximate surface area is 251 Å².